The van der Waals surface area contributed by atoms with Gasteiger partial charge in [0, 0.05) is 26.2 Å². The summed E-state index contributed by atoms with van der Waals surface area (Å²) in [5, 5.41) is 2.78. The summed E-state index contributed by atoms with van der Waals surface area (Å²) < 4.78 is 2.14. The number of hydrogen-bond acceptors (Lipinski definition) is 3. The van der Waals surface area contributed by atoms with Crippen molar-refractivity contribution < 1.29 is 4.79 Å². The fourth-order valence-corrected chi connectivity index (χ4v) is 1.95. The van der Waals surface area contributed by atoms with Gasteiger partial charge in [-0.05, 0) is 12.8 Å². The van der Waals surface area contributed by atoms with Crippen molar-refractivity contribution in [2.75, 3.05) is 0 Å². The average molecular weight is 249 g/mol. The van der Waals surface area contributed by atoms with Gasteiger partial charge >= 0.3 is 5.69 Å². The van der Waals surface area contributed by atoms with Crippen molar-refractivity contribution >= 4 is 5.91 Å². The van der Waals surface area contributed by atoms with Crippen LogP contribution in [0.1, 0.15) is 23.3 Å². The summed E-state index contributed by atoms with van der Waals surface area (Å²) in [7, 11) is 2.85. The number of hydrogen-bond donors (Lipinski definition) is 1. The SMILES string of the molecule is Cn1c(C(=O)NC2C=CCC2)cc(=O)n(C)c1=O. The fraction of sp³-hybridized carbons (Fsp3) is 0.417. The van der Waals surface area contributed by atoms with Crippen LogP contribution in [0.3, 0.4) is 0 Å². The van der Waals surface area contributed by atoms with Gasteiger partial charge in [0.1, 0.15) is 5.69 Å². The second-order valence-electron chi connectivity index (χ2n) is 4.35. The third-order valence-electron chi connectivity index (χ3n) is 3.09. The third-order valence-corrected chi connectivity index (χ3v) is 3.09. The summed E-state index contributed by atoms with van der Waals surface area (Å²) >= 11 is 0. The number of aromatic nitrogens is 2. The summed E-state index contributed by atoms with van der Waals surface area (Å²) in [6.45, 7) is 0. The summed E-state index contributed by atoms with van der Waals surface area (Å²) in [6.07, 6.45) is 5.69. The van der Waals surface area contributed by atoms with Gasteiger partial charge in [0.25, 0.3) is 11.5 Å². The molecule has 1 atom stereocenters. The molecule has 0 saturated heterocycles. The minimum absolute atomic E-state index is 0.0170. The van der Waals surface area contributed by atoms with Crippen LogP contribution in [0.15, 0.2) is 27.8 Å². The second-order valence-corrected chi connectivity index (χ2v) is 4.35. The van der Waals surface area contributed by atoms with Gasteiger partial charge in [-0.3, -0.25) is 18.7 Å². The number of rotatable bonds is 2. The summed E-state index contributed by atoms with van der Waals surface area (Å²) in [5.74, 6) is -0.399. The molecule has 1 N–H and O–H groups in total. The molecule has 1 heterocycles. The van der Waals surface area contributed by atoms with E-state index in [2.05, 4.69) is 5.32 Å². The van der Waals surface area contributed by atoms with Crippen molar-refractivity contribution in [3.63, 3.8) is 0 Å². The van der Waals surface area contributed by atoms with Crippen LogP contribution in [-0.4, -0.2) is 21.1 Å². The number of amides is 1. The third kappa shape index (κ3) is 2.13. The highest BCUT2D eigenvalue weighted by molar-refractivity contribution is 5.92. The molecule has 1 unspecified atom stereocenters. The van der Waals surface area contributed by atoms with E-state index in [-0.39, 0.29) is 11.7 Å². The Hall–Kier alpha value is -2.11. The first-order chi connectivity index (χ1) is 8.50. The molecule has 1 aliphatic carbocycles. The lowest BCUT2D eigenvalue weighted by atomic mass is 10.2. The van der Waals surface area contributed by atoms with Crippen LogP contribution in [0.4, 0.5) is 0 Å². The van der Waals surface area contributed by atoms with Crippen molar-refractivity contribution in [3.05, 3.63) is 44.8 Å². The van der Waals surface area contributed by atoms with Crippen LogP contribution in [0.25, 0.3) is 0 Å². The highest BCUT2D eigenvalue weighted by Gasteiger charge is 2.17. The van der Waals surface area contributed by atoms with Gasteiger partial charge in [-0.1, -0.05) is 12.2 Å². The van der Waals surface area contributed by atoms with Gasteiger partial charge in [-0.25, -0.2) is 4.79 Å². The maximum Gasteiger partial charge on any atom is 0.331 e. The molecule has 0 fully saturated rings. The van der Waals surface area contributed by atoms with E-state index in [1.165, 1.54) is 24.7 Å². The molecule has 6 heteroatoms. The normalized spacial score (nSPS) is 18.0. The molecular weight excluding hydrogens is 234 g/mol. The molecule has 1 amide bonds. The molecule has 1 aliphatic rings. The van der Waals surface area contributed by atoms with Crippen molar-refractivity contribution in [3.8, 4) is 0 Å². The molecule has 6 nitrogen and oxygen atoms in total. The maximum atomic E-state index is 12.0. The van der Waals surface area contributed by atoms with E-state index in [1.807, 2.05) is 12.2 Å². The Morgan fingerprint density at radius 3 is 2.67 bits per heavy atom. The number of carbonyl (C=O) groups is 1. The first-order valence-electron chi connectivity index (χ1n) is 5.75. The monoisotopic (exact) mass is 249 g/mol. The number of allylic oxidation sites excluding steroid dienone is 1. The van der Waals surface area contributed by atoms with Crippen LogP contribution in [0.2, 0.25) is 0 Å². The van der Waals surface area contributed by atoms with E-state index in [1.54, 1.807) is 0 Å². The van der Waals surface area contributed by atoms with Crippen molar-refractivity contribution in [1.82, 2.24) is 14.5 Å². The first kappa shape index (κ1) is 12.3. The Morgan fingerprint density at radius 2 is 2.06 bits per heavy atom. The Labute approximate surface area is 104 Å². The van der Waals surface area contributed by atoms with Crippen molar-refractivity contribution in [2.45, 2.75) is 18.9 Å². The topological polar surface area (TPSA) is 73.1 Å². The Morgan fingerprint density at radius 1 is 1.33 bits per heavy atom. The largest absolute Gasteiger partial charge is 0.345 e. The lowest BCUT2D eigenvalue weighted by molar-refractivity contribution is 0.0934. The van der Waals surface area contributed by atoms with Crippen molar-refractivity contribution in [2.24, 2.45) is 14.1 Å². The Kier molecular flexibility index (Phi) is 3.18. The maximum absolute atomic E-state index is 12.0. The molecule has 96 valence electrons. The zero-order valence-corrected chi connectivity index (χ0v) is 10.3. The zero-order chi connectivity index (χ0) is 13.3. The Balaban J connectivity index is 2.33. The molecule has 0 bridgehead atoms. The lowest BCUT2D eigenvalue weighted by Gasteiger charge is -2.13. The molecule has 18 heavy (non-hydrogen) atoms. The predicted octanol–water partition coefficient (Wildman–Crippen LogP) is -0.468. The average Bonchev–Trinajstić information content (AvgIpc) is 2.83. The van der Waals surface area contributed by atoms with E-state index in [9.17, 15) is 14.4 Å². The minimum Gasteiger partial charge on any atom is -0.345 e. The van der Waals surface area contributed by atoms with Crippen LogP contribution in [-0.2, 0) is 14.1 Å². The van der Waals surface area contributed by atoms with Crippen LogP contribution < -0.4 is 16.6 Å². The second kappa shape index (κ2) is 4.64. The van der Waals surface area contributed by atoms with Crippen LogP contribution >= 0.6 is 0 Å². The summed E-state index contributed by atoms with van der Waals surface area (Å²) in [5.41, 5.74) is -0.900. The molecule has 0 spiro atoms. The van der Waals surface area contributed by atoms with Crippen LogP contribution in [0.5, 0.6) is 0 Å². The molecule has 0 aliphatic heterocycles. The highest BCUT2D eigenvalue weighted by Crippen LogP contribution is 2.09. The quantitative estimate of drug-likeness (QED) is 0.720. The van der Waals surface area contributed by atoms with E-state index < -0.39 is 17.2 Å². The number of nitrogens with zero attached hydrogens (tertiary/aromatic N) is 2. The Bertz CT molecular complexity index is 624. The van der Waals surface area contributed by atoms with Gasteiger partial charge in [0.05, 0.1) is 0 Å². The van der Waals surface area contributed by atoms with E-state index in [4.69, 9.17) is 0 Å². The summed E-state index contributed by atoms with van der Waals surface area (Å²) in [6, 6.07) is 1.16. The smallest absolute Gasteiger partial charge is 0.331 e. The zero-order valence-electron chi connectivity index (χ0n) is 10.3. The van der Waals surface area contributed by atoms with Gasteiger partial charge in [0.2, 0.25) is 0 Å². The summed E-state index contributed by atoms with van der Waals surface area (Å²) in [4.78, 5) is 35.2. The molecule has 1 aromatic heterocycles. The van der Waals surface area contributed by atoms with Crippen LogP contribution in [0, 0.1) is 0 Å². The first-order valence-corrected chi connectivity index (χ1v) is 5.75. The van der Waals surface area contributed by atoms with Gasteiger partial charge in [-0.15, -0.1) is 0 Å². The fourth-order valence-electron chi connectivity index (χ4n) is 1.95. The molecule has 0 aromatic carbocycles. The van der Waals surface area contributed by atoms with Crippen molar-refractivity contribution in [1.29, 1.82) is 0 Å². The molecule has 2 rings (SSSR count). The number of nitrogens with one attached hydrogen (secondary N) is 1. The molecular formula is C12H15N3O3. The standard InChI is InChI=1S/C12H15N3O3/c1-14-9(7-10(16)15(2)12(14)18)11(17)13-8-5-3-4-6-8/h3,5,7-8H,4,6H2,1-2H3,(H,13,17). The van der Waals surface area contributed by atoms with Gasteiger partial charge in [0.15, 0.2) is 0 Å². The number of carbonyl (C=O) groups excluding carboxylic acids is 1. The highest BCUT2D eigenvalue weighted by atomic mass is 16.2. The molecule has 0 radical (unpaired) electrons. The van der Waals surface area contributed by atoms with Gasteiger partial charge in [-0.2, -0.15) is 0 Å². The van der Waals surface area contributed by atoms with Gasteiger partial charge < -0.3 is 5.32 Å². The lowest BCUT2D eigenvalue weighted by Crippen LogP contribution is -2.42. The molecule has 0 saturated carbocycles. The van der Waals surface area contributed by atoms with E-state index in [0.717, 1.165) is 17.4 Å². The van der Waals surface area contributed by atoms with E-state index >= 15 is 0 Å². The minimum atomic E-state index is -0.505. The predicted molar refractivity (Wildman–Crippen MR) is 66.6 cm³/mol. The molecule has 1 aromatic rings. The van der Waals surface area contributed by atoms with E-state index in [0.29, 0.717) is 0 Å².